The van der Waals surface area contributed by atoms with Crippen LogP contribution in [0.15, 0.2) is 24.4 Å². The molecule has 1 atom stereocenters. The summed E-state index contributed by atoms with van der Waals surface area (Å²) >= 11 is 0. The van der Waals surface area contributed by atoms with Gasteiger partial charge in [-0.05, 0) is 44.4 Å². The second-order valence-corrected chi connectivity index (χ2v) is 4.85. The van der Waals surface area contributed by atoms with Crippen molar-refractivity contribution in [1.29, 1.82) is 0 Å². The maximum atomic E-state index is 9.57. The third-order valence-corrected chi connectivity index (χ3v) is 3.42. The number of aromatic nitrogens is 3. The van der Waals surface area contributed by atoms with E-state index in [1.165, 1.54) is 18.5 Å². The van der Waals surface area contributed by atoms with E-state index in [0.29, 0.717) is 5.69 Å². The number of nitrogens with zero attached hydrogens (tertiary/aromatic N) is 3. The number of aryl methyl sites for hydroxylation is 2. The molecule has 0 aromatic carbocycles. The number of hydrogen-bond donors (Lipinski definition) is 1. The highest BCUT2D eigenvalue weighted by molar-refractivity contribution is 5.59. The van der Waals surface area contributed by atoms with Gasteiger partial charge in [0.25, 0.3) is 0 Å². The first-order valence-electron chi connectivity index (χ1n) is 6.45. The number of hydrogen-bond acceptors (Lipinski definition) is 3. The zero-order valence-corrected chi connectivity index (χ0v) is 10.5. The van der Waals surface area contributed by atoms with Crippen molar-refractivity contribution in [2.75, 3.05) is 0 Å². The largest absolute Gasteiger partial charge is 0.387 e. The molecule has 0 fully saturated rings. The number of rotatable bonds is 2. The van der Waals surface area contributed by atoms with Crippen LogP contribution in [0.2, 0.25) is 0 Å². The van der Waals surface area contributed by atoms with Crippen LogP contribution in [-0.4, -0.2) is 19.9 Å². The van der Waals surface area contributed by atoms with Crippen LogP contribution >= 0.6 is 0 Å². The topological polar surface area (TPSA) is 50.9 Å². The van der Waals surface area contributed by atoms with Crippen molar-refractivity contribution in [3.63, 3.8) is 0 Å². The van der Waals surface area contributed by atoms with Gasteiger partial charge in [0, 0.05) is 24.0 Å². The third-order valence-electron chi connectivity index (χ3n) is 3.42. The second-order valence-electron chi connectivity index (χ2n) is 4.85. The third kappa shape index (κ3) is 2.04. The summed E-state index contributed by atoms with van der Waals surface area (Å²) in [7, 11) is 0. The van der Waals surface area contributed by atoms with Gasteiger partial charge in [0.1, 0.15) is 0 Å². The number of aliphatic hydroxyl groups is 1. The molecule has 0 spiro atoms. The molecule has 3 rings (SSSR count). The molecule has 0 radical (unpaired) electrons. The standard InChI is InChI=1S/C14H17N3O/c1-10(18)13-8-11(5-6-15-13)14-9-12-4-2-3-7-17(12)16-14/h5-6,8-10,18H,2-4,7H2,1H3. The van der Waals surface area contributed by atoms with Gasteiger partial charge in [-0.25, -0.2) is 0 Å². The summed E-state index contributed by atoms with van der Waals surface area (Å²) in [6.07, 6.45) is 4.77. The molecule has 4 heteroatoms. The average Bonchev–Trinajstić information content (AvgIpc) is 2.82. The first-order chi connectivity index (χ1) is 8.74. The van der Waals surface area contributed by atoms with Crippen LogP contribution in [-0.2, 0) is 13.0 Å². The van der Waals surface area contributed by atoms with E-state index in [4.69, 9.17) is 0 Å². The van der Waals surface area contributed by atoms with E-state index in [-0.39, 0.29) is 0 Å². The van der Waals surface area contributed by atoms with Crippen molar-refractivity contribution in [3.8, 4) is 11.3 Å². The van der Waals surface area contributed by atoms with E-state index in [2.05, 4.69) is 20.8 Å². The first kappa shape index (κ1) is 11.4. The minimum absolute atomic E-state index is 0.540. The van der Waals surface area contributed by atoms with Crippen molar-refractivity contribution < 1.29 is 5.11 Å². The van der Waals surface area contributed by atoms with Gasteiger partial charge in [0.05, 0.1) is 17.5 Å². The molecule has 2 aromatic heterocycles. The Morgan fingerprint density at radius 3 is 3.00 bits per heavy atom. The van der Waals surface area contributed by atoms with Gasteiger partial charge in [0.2, 0.25) is 0 Å². The summed E-state index contributed by atoms with van der Waals surface area (Å²) in [6, 6.07) is 6.01. The lowest BCUT2D eigenvalue weighted by atomic mass is 10.1. The van der Waals surface area contributed by atoms with Gasteiger partial charge in [-0.3, -0.25) is 9.67 Å². The van der Waals surface area contributed by atoms with Crippen molar-refractivity contribution in [2.45, 2.75) is 38.8 Å². The predicted octanol–water partition coefficient (Wildman–Crippen LogP) is 2.33. The molecular formula is C14H17N3O. The Labute approximate surface area is 106 Å². The van der Waals surface area contributed by atoms with E-state index >= 15 is 0 Å². The molecule has 0 bridgehead atoms. The summed E-state index contributed by atoms with van der Waals surface area (Å²) in [5.41, 5.74) is 4.02. The molecule has 2 aromatic rings. The summed E-state index contributed by atoms with van der Waals surface area (Å²) < 4.78 is 2.10. The maximum Gasteiger partial charge on any atom is 0.0931 e. The molecule has 4 nitrogen and oxygen atoms in total. The minimum Gasteiger partial charge on any atom is -0.387 e. The Kier molecular flexibility index (Phi) is 2.88. The molecule has 94 valence electrons. The second kappa shape index (κ2) is 4.53. The lowest BCUT2D eigenvalue weighted by molar-refractivity contribution is 0.194. The molecule has 3 heterocycles. The molecule has 0 saturated heterocycles. The summed E-state index contributed by atoms with van der Waals surface area (Å²) in [4.78, 5) is 4.16. The molecule has 1 aliphatic rings. The molecule has 18 heavy (non-hydrogen) atoms. The predicted molar refractivity (Wildman–Crippen MR) is 69.0 cm³/mol. The molecule has 0 saturated carbocycles. The van der Waals surface area contributed by atoms with Crippen molar-refractivity contribution in [1.82, 2.24) is 14.8 Å². The first-order valence-corrected chi connectivity index (χ1v) is 6.45. The SMILES string of the molecule is CC(O)c1cc(-c2cc3n(n2)CCCC3)ccn1. The monoisotopic (exact) mass is 243 g/mol. The highest BCUT2D eigenvalue weighted by Crippen LogP contribution is 2.24. The quantitative estimate of drug-likeness (QED) is 0.880. The zero-order valence-electron chi connectivity index (χ0n) is 10.5. The van der Waals surface area contributed by atoms with Crippen molar-refractivity contribution in [2.24, 2.45) is 0 Å². The number of pyridine rings is 1. The summed E-state index contributed by atoms with van der Waals surface area (Å²) in [5.74, 6) is 0. The van der Waals surface area contributed by atoms with Gasteiger partial charge < -0.3 is 5.11 Å². The van der Waals surface area contributed by atoms with Gasteiger partial charge in [-0.1, -0.05) is 0 Å². The summed E-state index contributed by atoms with van der Waals surface area (Å²) in [6.45, 7) is 2.74. The molecular weight excluding hydrogens is 226 g/mol. The van der Waals surface area contributed by atoms with Crippen LogP contribution < -0.4 is 0 Å². The van der Waals surface area contributed by atoms with E-state index in [0.717, 1.165) is 24.2 Å². The van der Waals surface area contributed by atoms with Gasteiger partial charge in [0.15, 0.2) is 0 Å². The lowest BCUT2D eigenvalue weighted by Crippen LogP contribution is -2.10. The van der Waals surface area contributed by atoms with Gasteiger partial charge in [-0.15, -0.1) is 0 Å². The maximum absolute atomic E-state index is 9.57. The number of aliphatic hydroxyl groups excluding tert-OH is 1. The molecule has 0 aliphatic carbocycles. The Bertz CT molecular complexity index is 536. The van der Waals surface area contributed by atoms with Gasteiger partial charge >= 0.3 is 0 Å². The van der Waals surface area contributed by atoms with E-state index < -0.39 is 6.10 Å². The van der Waals surface area contributed by atoms with E-state index in [1.807, 2.05) is 12.1 Å². The Hall–Kier alpha value is -1.68. The van der Waals surface area contributed by atoms with Crippen molar-refractivity contribution >= 4 is 0 Å². The van der Waals surface area contributed by atoms with E-state index in [9.17, 15) is 5.11 Å². The number of fused-ring (bicyclic) bond motifs is 1. The molecule has 1 N–H and O–H groups in total. The Morgan fingerprint density at radius 2 is 2.22 bits per heavy atom. The van der Waals surface area contributed by atoms with Crippen LogP contribution in [0.1, 0.15) is 37.3 Å². The van der Waals surface area contributed by atoms with E-state index in [1.54, 1.807) is 13.1 Å². The minimum atomic E-state index is -0.540. The highest BCUT2D eigenvalue weighted by atomic mass is 16.3. The van der Waals surface area contributed by atoms with Crippen LogP contribution in [0.25, 0.3) is 11.3 Å². The van der Waals surface area contributed by atoms with Gasteiger partial charge in [-0.2, -0.15) is 5.10 Å². The normalized spacial score (nSPS) is 16.3. The Morgan fingerprint density at radius 1 is 1.33 bits per heavy atom. The lowest BCUT2D eigenvalue weighted by Gasteiger charge is -2.11. The van der Waals surface area contributed by atoms with Crippen molar-refractivity contribution in [3.05, 3.63) is 35.8 Å². The van der Waals surface area contributed by atoms with Crippen LogP contribution in [0.4, 0.5) is 0 Å². The smallest absolute Gasteiger partial charge is 0.0931 e. The summed E-state index contributed by atoms with van der Waals surface area (Å²) in [5, 5.41) is 14.2. The van der Waals surface area contributed by atoms with Crippen LogP contribution in [0.3, 0.4) is 0 Å². The fraction of sp³-hybridized carbons (Fsp3) is 0.429. The van der Waals surface area contributed by atoms with Crippen LogP contribution in [0.5, 0.6) is 0 Å². The Balaban J connectivity index is 1.99. The molecule has 1 aliphatic heterocycles. The van der Waals surface area contributed by atoms with Crippen LogP contribution in [0, 0.1) is 0 Å². The average molecular weight is 243 g/mol. The zero-order chi connectivity index (χ0) is 12.5. The fourth-order valence-corrected chi connectivity index (χ4v) is 2.40. The highest BCUT2D eigenvalue weighted by Gasteiger charge is 2.14. The molecule has 0 amide bonds. The molecule has 1 unspecified atom stereocenters. The fourth-order valence-electron chi connectivity index (χ4n) is 2.40.